The molecule has 0 saturated heterocycles. The highest BCUT2D eigenvalue weighted by Crippen LogP contribution is 2.33. The molecule has 1 aromatic heterocycles. The zero-order valence-corrected chi connectivity index (χ0v) is 18.6. The summed E-state index contributed by atoms with van der Waals surface area (Å²) in [4.78, 5) is 20.0. The number of hydrogen-bond donors (Lipinski definition) is 2. The number of fused-ring (bicyclic) bond motifs is 1. The average molecular weight is 457 g/mol. The molecule has 30 heavy (non-hydrogen) atoms. The number of hydrogen-bond acceptors (Lipinski definition) is 7. The minimum atomic E-state index is -3.82. The van der Waals surface area contributed by atoms with E-state index in [2.05, 4.69) is 4.98 Å². The minimum absolute atomic E-state index is 0.0786. The number of imidazole rings is 1. The van der Waals surface area contributed by atoms with E-state index < -0.39 is 27.3 Å². The normalized spacial score (nSPS) is 17.0. The molecule has 0 spiro atoms. The Labute approximate surface area is 180 Å². The lowest BCUT2D eigenvalue weighted by Gasteiger charge is -2.38. The van der Waals surface area contributed by atoms with Gasteiger partial charge in [-0.2, -0.15) is 4.98 Å². The molecule has 0 fully saturated rings. The fraction of sp³-hybridized carbons (Fsp3) is 0.474. The number of sulfone groups is 1. The van der Waals surface area contributed by atoms with Gasteiger partial charge in [-0.3, -0.25) is 9.69 Å². The summed E-state index contributed by atoms with van der Waals surface area (Å²) in [6, 6.07) is 6.86. The number of nitrogens with zero attached hydrogens (tertiary/aromatic N) is 4. The van der Waals surface area contributed by atoms with Gasteiger partial charge >= 0.3 is 0 Å². The molecule has 2 N–H and O–H groups in total. The largest absolute Gasteiger partial charge is 0.396 e. The number of carbonyl (C=O) groups excluding carboxylic acids is 1. The minimum Gasteiger partial charge on any atom is -0.396 e. The SMILES string of the molecule is CC(C)S(=O)(=O)c1nc2c(n1Cc1ccc(Cl)cc1)C(=O)N(CCCO)C(O)N2C. The van der Waals surface area contributed by atoms with Crippen molar-refractivity contribution >= 4 is 33.2 Å². The second-order valence-electron chi connectivity index (χ2n) is 7.41. The third kappa shape index (κ3) is 3.92. The zero-order chi connectivity index (χ0) is 22.2. The third-order valence-corrected chi connectivity index (χ3v) is 7.34. The van der Waals surface area contributed by atoms with Gasteiger partial charge in [-0.25, -0.2) is 8.42 Å². The summed E-state index contributed by atoms with van der Waals surface area (Å²) in [6.07, 6.45) is -1.04. The predicted octanol–water partition coefficient (Wildman–Crippen LogP) is 1.32. The number of aliphatic hydroxyl groups is 2. The van der Waals surface area contributed by atoms with Crippen LogP contribution in [0.15, 0.2) is 29.4 Å². The predicted molar refractivity (Wildman–Crippen MR) is 112 cm³/mol. The van der Waals surface area contributed by atoms with Gasteiger partial charge in [0, 0.05) is 25.2 Å². The van der Waals surface area contributed by atoms with Crippen molar-refractivity contribution < 1.29 is 23.4 Å². The summed E-state index contributed by atoms with van der Waals surface area (Å²) in [7, 11) is -2.29. The van der Waals surface area contributed by atoms with Gasteiger partial charge in [-0.1, -0.05) is 23.7 Å². The van der Waals surface area contributed by atoms with Crippen LogP contribution in [0, 0.1) is 0 Å². The molecule has 2 heterocycles. The first-order valence-corrected chi connectivity index (χ1v) is 11.4. The highest BCUT2D eigenvalue weighted by atomic mass is 35.5. The fourth-order valence-electron chi connectivity index (χ4n) is 3.24. The van der Waals surface area contributed by atoms with E-state index in [-0.39, 0.29) is 42.8 Å². The highest BCUT2D eigenvalue weighted by molar-refractivity contribution is 7.91. The number of anilines is 1. The van der Waals surface area contributed by atoms with E-state index in [0.717, 1.165) is 5.56 Å². The molecule has 1 aromatic carbocycles. The molecule has 1 amide bonds. The first-order chi connectivity index (χ1) is 14.1. The molecule has 0 saturated carbocycles. The summed E-state index contributed by atoms with van der Waals surface area (Å²) < 4.78 is 27.4. The number of rotatable bonds is 7. The Balaban J connectivity index is 2.19. The van der Waals surface area contributed by atoms with Gasteiger partial charge in [0.1, 0.15) is 0 Å². The first kappa shape index (κ1) is 22.5. The quantitative estimate of drug-likeness (QED) is 0.645. The number of halogens is 1. The van der Waals surface area contributed by atoms with Gasteiger partial charge < -0.3 is 19.7 Å². The number of aliphatic hydroxyl groups excluding tert-OH is 2. The molecule has 0 bridgehead atoms. The summed E-state index contributed by atoms with van der Waals surface area (Å²) in [5.41, 5.74) is 0.818. The smallest absolute Gasteiger partial charge is 0.277 e. The van der Waals surface area contributed by atoms with Crippen molar-refractivity contribution in [2.24, 2.45) is 0 Å². The van der Waals surface area contributed by atoms with Gasteiger partial charge in [0.15, 0.2) is 11.5 Å². The van der Waals surface area contributed by atoms with Gasteiger partial charge in [-0.15, -0.1) is 0 Å². The Bertz CT molecular complexity index is 1040. The number of benzene rings is 1. The van der Waals surface area contributed by atoms with E-state index in [4.69, 9.17) is 16.7 Å². The van der Waals surface area contributed by atoms with Gasteiger partial charge in [0.2, 0.25) is 21.3 Å². The van der Waals surface area contributed by atoms with Crippen molar-refractivity contribution in [3.8, 4) is 0 Å². The van der Waals surface area contributed by atoms with E-state index in [1.165, 1.54) is 21.4 Å². The van der Waals surface area contributed by atoms with Crippen LogP contribution in [0.3, 0.4) is 0 Å². The Morgan fingerprint density at radius 3 is 2.43 bits per heavy atom. The summed E-state index contributed by atoms with van der Waals surface area (Å²) in [6.45, 7) is 3.14. The topological polar surface area (TPSA) is 116 Å². The molecule has 3 rings (SSSR count). The average Bonchev–Trinajstić information content (AvgIpc) is 3.08. The standard InChI is InChI=1S/C19H25ClN4O5S/c1-12(2)30(28,29)18-21-16-15(24(18)11-13-5-7-14(20)8-6-13)17(26)23(9-4-10-25)19(27)22(16)3/h5-8,12,19,25,27H,4,9-11H2,1-3H3. The van der Waals surface area contributed by atoms with Crippen LogP contribution in [-0.2, 0) is 16.4 Å². The van der Waals surface area contributed by atoms with E-state index >= 15 is 0 Å². The molecular formula is C19H25ClN4O5S. The lowest BCUT2D eigenvalue weighted by molar-refractivity contribution is 0.00112. The van der Waals surface area contributed by atoms with E-state index in [9.17, 15) is 18.3 Å². The maximum atomic E-state index is 13.2. The van der Waals surface area contributed by atoms with Crippen molar-refractivity contribution in [2.45, 2.75) is 43.6 Å². The summed E-state index contributed by atoms with van der Waals surface area (Å²) in [5.74, 6) is -0.448. The van der Waals surface area contributed by atoms with Gasteiger partial charge in [-0.05, 0) is 38.0 Å². The maximum Gasteiger partial charge on any atom is 0.277 e. The zero-order valence-electron chi connectivity index (χ0n) is 17.0. The van der Waals surface area contributed by atoms with Crippen LogP contribution in [0.5, 0.6) is 0 Å². The summed E-state index contributed by atoms with van der Waals surface area (Å²) >= 11 is 5.95. The lowest BCUT2D eigenvalue weighted by Crippen LogP contribution is -2.54. The lowest BCUT2D eigenvalue weighted by atomic mass is 10.2. The molecule has 1 aliphatic rings. The maximum absolute atomic E-state index is 13.2. The molecular weight excluding hydrogens is 432 g/mol. The monoisotopic (exact) mass is 456 g/mol. The van der Waals surface area contributed by atoms with Crippen LogP contribution < -0.4 is 4.90 Å². The second kappa shape index (κ2) is 8.54. The Morgan fingerprint density at radius 1 is 1.23 bits per heavy atom. The number of aromatic nitrogens is 2. The van der Waals surface area contributed by atoms with Crippen LogP contribution >= 0.6 is 11.6 Å². The molecule has 0 aliphatic carbocycles. The molecule has 0 radical (unpaired) electrons. The van der Waals surface area contributed by atoms with Crippen LogP contribution in [0.4, 0.5) is 5.82 Å². The molecule has 1 unspecified atom stereocenters. The van der Waals surface area contributed by atoms with Crippen molar-refractivity contribution in [3.05, 3.63) is 40.5 Å². The number of amides is 1. The van der Waals surface area contributed by atoms with Crippen LogP contribution in [-0.4, -0.2) is 70.8 Å². The molecule has 11 heteroatoms. The highest BCUT2D eigenvalue weighted by Gasteiger charge is 2.42. The first-order valence-electron chi connectivity index (χ1n) is 9.51. The van der Waals surface area contributed by atoms with Crippen molar-refractivity contribution in [2.75, 3.05) is 25.1 Å². The third-order valence-electron chi connectivity index (χ3n) is 5.02. The molecule has 9 nitrogen and oxygen atoms in total. The van der Waals surface area contributed by atoms with Gasteiger partial charge in [0.25, 0.3) is 5.91 Å². The van der Waals surface area contributed by atoms with Gasteiger partial charge in [0.05, 0.1) is 11.8 Å². The Morgan fingerprint density at radius 2 is 1.87 bits per heavy atom. The van der Waals surface area contributed by atoms with Crippen LogP contribution in [0.1, 0.15) is 36.3 Å². The van der Waals surface area contributed by atoms with Crippen LogP contribution in [0.25, 0.3) is 0 Å². The Kier molecular flexibility index (Phi) is 6.42. The van der Waals surface area contributed by atoms with Crippen LogP contribution in [0.2, 0.25) is 5.02 Å². The molecule has 2 aromatic rings. The van der Waals surface area contributed by atoms with E-state index in [1.807, 2.05) is 0 Å². The molecule has 1 aliphatic heterocycles. The van der Waals surface area contributed by atoms with E-state index in [0.29, 0.717) is 5.02 Å². The van der Waals surface area contributed by atoms with Crippen molar-refractivity contribution in [1.82, 2.24) is 14.5 Å². The summed E-state index contributed by atoms with van der Waals surface area (Å²) in [5, 5.41) is 19.2. The fourth-order valence-corrected chi connectivity index (χ4v) is 4.47. The Hall–Kier alpha value is -2.14. The second-order valence-corrected chi connectivity index (χ2v) is 10.2. The molecule has 1 atom stereocenters. The van der Waals surface area contributed by atoms with E-state index in [1.54, 1.807) is 38.1 Å². The van der Waals surface area contributed by atoms with Crippen molar-refractivity contribution in [1.29, 1.82) is 0 Å². The van der Waals surface area contributed by atoms with Crippen molar-refractivity contribution in [3.63, 3.8) is 0 Å². The number of carbonyl (C=O) groups is 1. The molecule has 164 valence electrons.